The van der Waals surface area contributed by atoms with Crippen LogP contribution in [0, 0.1) is 0 Å². The van der Waals surface area contributed by atoms with E-state index in [1.807, 2.05) is 0 Å². The monoisotopic (exact) mass is 270 g/mol. The van der Waals surface area contributed by atoms with Gasteiger partial charge in [-0.05, 0) is 31.5 Å². The third-order valence-electron chi connectivity index (χ3n) is 2.72. The van der Waals surface area contributed by atoms with Gasteiger partial charge in [-0.25, -0.2) is 0 Å². The Hall–Kier alpha value is -1.14. The van der Waals surface area contributed by atoms with Gasteiger partial charge < -0.3 is 24.4 Å². The van der Waals surface area contributed by atoms with Gasteiger partial charge in [-0.2, -0.15) is 0 Å². The number of aliphatic hydroxyl groups is 2. The van der Waals surface area contributed by atoms with Crippen LogP contribution in [0.4, 0.5) is 0 Å². The predicted octanol–water partition coefficient (Wildman–Crippen LogP) is 1.49. The average Bonchev–Trinajstić information content (AvgIpc) is 2.45. The van der Waals surface area contributed by atoms with Crippen LogP contribution >= 0.6 is 0 Å². The highest BCUT2D eigenvalue weighted by atomic mass is 16.7. The fraction of sp³-hybridized carbons (Fsp3) is 0.571. The highest BCUT2D eigenvalue weighted by Gasteiger charge is 2.28. The third-order valence-corrected chi connectivity index (χ3v) is 2.72. The van der Waals surface area contributed by atoms with Crippen molar-refractivity contribution in [3.05, 3.63) is 29.8 Å². The maximum absolute atomic E-state index is 10.1. The number of benzene rings is 1. The second-order valence-electron chi connectivity index (χ2n) is 3.99. The Labute approximate surface area is 113 Å². The molecule has 0 heterocycles. The molecule has 0 fully saturated rings. The zero-order valence-electron chi connectivity index (χ0n) is 11.6. The van der Waals surface area contributed by atoms with Crippen molar-refractivity contribution in [2.75, 3.05) is 20.3 Å². The number of hydrogen-bond acceptors (Lipinski definition) is 5. The summed E-state index contributed by atoms with van der Waals surface area (Å²) < 4.78 is 15.6. The van der Waals surface area contributed by atoms with E-state index < -0.39 is 18.5 Å². The lowest BCUT2D eigenvalue weighted by Gasteiger charge is -2.26. The minimum Gasteiger partial charge on any atom is -0.497 e. The van der Waals surface area contributed by atoms with Crippen LogP contribution in [-0.4, -0.2) is 42.9 Å². The van der Waals surface area contributed by atoms with Crippen LogP contribution < -0.4 is 4.74 Å². The first-order valence-electron chi connectivity index (χ1n) is 6.37. The smallest absolute Gasteiger partial charge is 0.186 e. The zero-order chi connectivity index (χ0) is 14.3. The summed E-state index contributed by atoms with van der Waals surface area (Å²) in [4.78, 5) is 0. The maximum Gasteiger partial charge on any atom is 0.186 e. The van der Waals surface area contributed by atoms with Crippen LogP contribution in [0.3, 0.4) is 0 Å². The molecule has 5 heteroatoms. The molecule has 0 unspecified atom stereocenters. The molecule has 1 aromatic carbocycles. The van der Waals surface area contributed by atoms with Gasteiger partial charge in [0.25, 0.3) is 0 Å². The first-order chi connectivity index (χ1) is 9.13. The van der Waals surface area contributed by atoms with E-state index in [2.05, 4.69) is 0 Å². The Bertz CT molecular complexity index is 345. The molecule has 0 radical (unpaired) electrons. The van der Waals surface area contributed by atoms with Gasteiger partial charge in [0.15, 0.2) is 6.29 Å². The van der Waals surface area contributed by atoms with Crippen LogP contribution in [0.5, 0.6) is 5.75 Å². The first kappa shape index (κ1) is 15.9. The minimum atomic E-state index is -1.15. The fourth-order valence-corrected chi connectivity index (χ4v) is 1.72. The van der Waals surface area contributed by atoms with Crippen molar-refractivity contribution >= 4 is 0 Å². The molecular weight excluding hydrogens is 248 g/mol. The number of methoxy groups -OCH3 is 1. The highest BCUT2D eigenvalue weighted by molar-refractivity contribution is 5.28. The number of rotatable bonds is 8. The van der Waals surface area contributed by atoms with Gasteiger partial charge in [0.2, 0.25) is 0 Å². The summed E-state index contributed by atoms with van der Waals surface area (Å²) >= 11 is 0. The second kappa shape index (κ2) is 8.12. The third kappa shape index (κ3) is 4.47. The number of ether oxygens (including phenoxy) is 3. The van der Waals surface area contributed by atoms with E-state index in [0.717, 1.165) is 0 Å². The fourth-order valence-electron chi connectivity index (χ4n) is 1.72. The summed E-state index contributed by atoms with van der Waals surface area (Å²) in [6.07, 6.45) is -3.06. The Balaban J connectivity index is 2.74. The number of aliphatic hydroxyl groups excluding tert-OH is 2. The Kier molecular flexibility index (Phi) is 6.80. The van der Waals surface area contributed by atoms with Gasteiger partial charge in [-0.3, -0.25) is 0 Å². The van der Waals surface area contributed by atoms with Crippen molar-refractivity contribution in [1.29, 1.82) is 0 Å². The molecule has 0 aliphatic heterocycles. The van der Waals surface area contributed by atoms with Crippen LogP contribution in [0.25, 0.3) is 0 Å². The largest absolute Gasteiger partial charge is 0.497 e. The van der Waals surface area contributed by atoms with Gasteiger partial charge >= 0.3 is 0 Å². The number of hydrogen-bond donors (Lipinski definition) is 2. The summed E-state index contributed by atoms with van der Waals surface area (Å²) in [5.41, 5.74) is 0.581. The molecule has 0 saturated heterocycles. The summed E-state index contributed by atoms with van der Waals surface area (Å²) in [7, 11) is 1.57. The Morgan fingerprint density at radius 3 is 1.95 bits per heavy atom. The highest BCUT2D eigenvalue weighted by Crippen LogP contribution is 2.23. The molecule has 2 atom stereocenters. The van der Waals surface area contributed by atoms with Crippen molar-refractivity contribution in [2.24, 2.45) is 0 Å². The minimum absolute atomic E-state index is 0.400. The van der Waals surface area contributed by atoms with Crippen LogP contribution in [0.1, 0.15) is 25.5 Å². The average molecular weight is 270 g/mol. The molecule has 0 amide bonds. The summed E-state index contributed by atoms with van der Waals surface area (Å²) in [5, 5.41) is 20.2. The van der Waals surface area contributed by atoms with E-state index in [-0.39, 0.29) is 0 Å². The Morgan fingerprint density at radius 1 is 1.00 bits per heavy atom. The van der Waals surface area contributed by atoms with E-state index in [1.54, 1.807) is 45.2 Å². The van der Waals surface area contributed by atoms with Crippen molar-refractivity contribution in [2.45, 2.75) is 32.3 Å². The van der Waals surface area contributed by atoms with Gasteiger partial charge in [-0.15, -0.1) is 0 Å². The lowest BCUT2D eigenvalue weighted by Crippen LogP contribution is -2.36. The summed E-state index contributed by atoms with van der Waals surface area (Å²) in [5.74, 6) is 0.691. The molecule has 1 rings (SSSR count). The quantitative estimate of drug-likeness (QED) is 0.700. The topological polar surface area (TPSA) is 68.2 Å². The van der Waals surface area contributed by atoms with E-state index in [1.165, 1.54) is 0 Å². The molecule has 0 aromatic heterocycles. The maximum atomic E-state index is 10.1. The van der Waals surface area contributed by atoms with Gasteiger partial charge in [0.1, 0.15) is 18.0 Å². The van der Waals surface area contributed by atoms with Gasteiger partial charge in [-0.1, -0.05) is 12.1 Å². The van der Waals surface area contributed by atoms with Crippen LogP contribution in [-0.2, 0) is 9.47 Å². The van der Waals surface area contributed by atoms with Crippen molar-refractivity contribution in [3.63, 3.8) is 0 Å². The second-order valence-corrected chi connectivity index (χ2v) is 3.99. The molecule has 2 N–H and O–H groups in total. The molecule has 1 aromatic rings. The first-order valence-corrected chi connectivity index (χ1v) is 6.37. The molecule has 0 spiro atoms. The molecule has 0 saturated carbocycles. The SMILES string of the molecule is CCOC(OCC)[C@H](O)[C@H](O)c1ccc(OC)cc1. The van der Waals surface area contributed by atoms with E-state index >= 15 is 0 Å². The predicted molar refractivity (Wildman–Crippen MR) is 71.0 cm³/mol. The standard InChI is InChI=1S/C14H22O5/c1-4-18-14(19-5-2)13(16)12(15)10-6-8-11(17-3)9-7-10/h6-9,12-16H,4-5H2,1-3H3/t12-,13-/m1/s1. The van der Waals surface area contributed by atoms with Gasteiger partial charge in [0, 0.05) is 13.2 Å². The molecule has 0 bridgehead atoms. The molecule has 0 aliphatic carbocycles. The Morgan fingerprint density at radius 2 is 1.53 bits per heavy atom. The molecule has 108 valence electrons. The van der Waals surface area contributed by atoms with Crippen molar-refractivity contribution in [3.8, 4) is 5.75 Å². The summed E-state index contributed by atoms with van der Waals surface area (Å²) in [6, 6.07) is 6.84. The van der Waals surface area contributed by atoms with Gasteiger partial charge in [0.05, 0.1) is 7.11 Å². The molecular formula is C14H22O5. The summed E-state index contributed by atoms with van der Waals surface area (Å²) in [6.45, 7) is 4.41. The van der Waals surface area contributed by atoms with Crippen LogP contribution in [0.2, 0.25) is 0 Å². The van der Waals surface area contributed by atoms with Crippen molar-refractivity contribution in [1.82, 2.24) is 0 Å². The zero-order valence-corrected chi connectivity index (χ0v) is 11.6. The van der Waals surface area contributed by atoms with E-state index in [0.29, 0.717) is 24.5 Å². The molecule has 0 aliphatic rings. The van der Waals surface area contributed by atoms with Crippen molar-refractivity contribution < 1.29 is 24.4 Å². The van der Waals surface area contributed by atoms with Crippen LogP contribution in [0.15, 0.2) is 24.3 Å². The lowest BCUT2D eigenvalue weighted by atomic mass is 10.0. The molecule has 19 heavy (non-hydrogen) atoms. The lowest BCUT2D eigenvalue weighted by molar-refractivity contribution is -0.212. The normalized spacial score (nSPS) is 14.4. The van der Waals surface area contributed by atoms with E-state index in [9.17, 15) is 10.2 Å². The molecule has 5 nitrogen and oxygen atoms in total. The van der Waals surface area contributed by atoms with E-state index in [4.69, 9.17) is 14.2 Å².